The highest BCUT2D eigenvalue weighted by molar-refractivity contribution is 5.85. The number of nitrogens with two attached hydrogens (primary N) is 1. The van der Waals surface area contributed by atoms with E-state index in [4.69, 9.17) is 5.73 Å². The van der Waals surface area contributed by atoms with Crippen molar-refractivity contribution < 1.29 is 4.79 Å². The van der Waals surface area contributed by atoms with Gasteiger partial charge >= 0.3 is 0 Å². The molecule has 0 aliphatic heterocycles. The Balaban J connectivity index is 2.78. The second kappa shape index (κ2) is 4.66. The van der Waals surface area contributed by atoms with Gasteiger partial charge in [0.15, 0.2) is 0 Å². The van der Waals surface area contributed by atoms with Crippen LogP contribution in [-0.2, 0) is 4.79 Å². The number of nitrogens with one attached hydrogen (secondary N) is 1. The van der Waals surface area contributed by atoms with Crippen molar-refractivity contribution in [3.63, 3.8) is 0 Å². The topological polar surface area (TPSA) is 55.1 Å². The Kier molecular flexibility index (Phi) is 3.70. The van der Waals surface area contributed by atoms with Gasteiger partial charge in [0.1, 0.15) is 0 Å². The summed E-state index contributed by atoms with van der Waals surface area (Å²) in [6.45, 7) is 7.40. The molecular formula is C13H20N2O. The van der Waals surface area contributed by atoms with Gasteiger partial charge in [-0.3, -0.25) is 4.79 Å². The average molecular weight is 220 g/mol. The van der Waals surface area contributed by atoms with E-state index in [1.54, 1.807) is 13.8 Å². The zero-order chi connectivity index (χ0) is 12.3. The largest absolute Gasteiger partial charge is 0.348 e. The van der Waals surface area contributed by atoms with Gasteiger partial charge in [-0.15, -0.1) is 0 Å². The minimum Gasteiger partial charge on any atom is -0.348 e. The summed E-state index contributed by atoms with van der Waals surface area (Å²) in [6, 6.07) is 7.99. The molecule has 3 heteroatoms. The van der Waals surface area contributed by atoms with Crippen LogP contribution in [-0.4, -0.2) is 11.4 Å². The molecule has 1 aromatic carbocycles. The number of carbonyl (C=O) groups excluding carboxylic acids is 1. The molecule has 0 radical (unpaired) electrons. The first-order chi connectivity index (χ1) is 7.32. The molecule has 1 amide bonds. The van der Waals surface area contributed by atoms with E-state index in [1.165, 1.54) is 5.56 Å². The van der Waals surface area contributed by atoms with Gasteiger partial charge in [0.2, 0.25) is 5.91 Å². The number of amides is 1. The van der Waals surface area contributed by atoms with Crippen molar-refractivity contribution in [3.05, 3.63) is 35.4 Å². The van der Waals surface area contributed by atoms with Crippen LogP contribution in [0.2, 0.25) is 0 Å². The summed E-state index contributed by atoms with van der Waals surface area (Å²) < 4.78 is 0. The van der Waals surface area contributed by atoms with Crippen molar-refractivity contribution in [2.24, 2.45) is 5.73 Å². The molecule has 1 atom stereocenters. The monoisotopic (exact) mass is 220 g/mol. The molecule has 0 aliphatic carbocycles. The molecule has 0 heterocycles. The number of benzene rings is 1. The first-order valence-corrected chi connectivity index (χ1v) is 5.47. The molecule has 0 aliphatic rings. The van der Waals surface area contributed by atoms with Gasteiger partial charge in [0.25, 0.3) is 0 Å². The minimum absolute atomic E-state index is 0.0171. The van der Waals surface area contributed by atoms with Crippen LogP contribution in [0.5, 0.6) is 0 Å². The Morgan fingerprint density at radius 1 is 1.38 bits per heavy atom. The van der Waals surface area contributed by atoms with Crippen LogP contribution in [0.4, 0.5) is 0 Å². The van der Waals surface area contributed by atoms with Crippen molar-refractivity contribution >= 4 is 5.91 Å². The van der Waals surface area contributed by atoms with E-state index in [0.717, 1.165) is 5.56 Å². The maximum Gasteiger partial charge on any atom is 0.239 e. The van der Waals surface area contributed by atoms with Crippen LogP contribution in [0.25, 0.3) is 0 Å². The molecule has 3 N–H and O–H groups in total. The van der Waals surface area contributed by atoms with Crippen molar-refractivity contribution in [1.29, 1.82) is 0 Å². The van der Waals surface area contributed by atoms with E-state index in [-0.39, 0.29) is 11.9 Å². The van der Waals surface area contributed by atoms with E-state index in [2.05, 4.69) is 5.32 Å². The summed E-state index contributed by atoms with van der Waals surface area (Å²) in [6.07, 6.45) is 0. The maximum atomic E-state index is 11.7. The van der Waals surface area contributed by atoms with E-state index >= 15 is 0 Å². The van der Waals surface area contributed by atoms with Crippen LogP contribution >= 0.6 is 0 Å². The molecule has 16 heavy (non-hydrogen) atoms. The van der Waals surface area contributed by atoms with Crippen molar-refractivity contribution in [2.45, 2.75) is 39.3 Å². The smallest absolute Gasteiger partial charge is 0.239 e. The first kappa shape index (κ1) is 12.7. The Labute approximate surface area is 97.0 Å². The van der Waals surface area contributed by atoms with Crippen molar-refractivity contribution in [3.8, 4) is 0 Å². The maximum absolute atomic E-state index is 11.7. The Hall–Kier alpha value is -1.35. The molecule has 0 spiro atoms. The number of rotatable bonds is 3. The van der Waals surface area contributed by atoms with Crippen molar-refractivity contribution in [2.75, 3.05) is 0 Å². The fourth-order valence-corrected chi connectivity index (χ4v) is 1.53. The number of hydrogen-bond donors (Lipinski definition) is 2. The minimum atomic E-state index is -0.836. The summed E-state index contributed by atoms with van der Waals surface area (Å²) in [4.78, 5) is 11.7. The van der Waals surface area contributed by atoms with Crippen molar-refractivity contribution in [1.82, 2.24) is 5.32 Å². The highest BCUT2D eigenvalue weighted by Gasteiger charge is 2.23. The molecule has 1 rings (SSSR count). The Morgan fingerprint density at radius 2 is 1.94 bits per heavy atom. The fraction of sp³-hybridized carbons (Fsp3) is 0.462. The highest BCUT2D eigenvalue weighted by atomic mass is 16.2. The van der Waals surface area contributed by atoms with Crippen LogP contribution < -0.4 is 11.1 Å². The fourth-order valence-electron chi connectivity index (χ4n) is 1.53. The third-order valence-electron chi connectivity index (χ3n) is 2.59. The number of aryl methyl sites for hydroxylation is 1. The summed E-state index contributed by atoms with van der Waals surface area (Å²) in [7, 11) is 0. The van der Waals surface area contributed by atoms with E-state index < -0.39 is 5.54 Å². The quantitative estimate of drug-likeness (QED) is 0.817. The molecular weight excluding hydrogens is 200 g/mol. The van der Waals surface area contributed by atoms with Gasteiger partial charge < -0.3 is 11.1 Å². The lowest BCUT2D eigenvalue weighted by atomic mass is 10.0. The van der Waals surface area contributed by atoms with Gasteiger partial charge in [-0.2, -0.15) is 0 Å². The lowest BCUT2D eigenvalue weighted by Crippen LogP contribution is -2.49. The van der Waals surface area contributed by atoms with Crippen LogP contribution in [0.15, 0.2) is 24.3 Å². The summed E-state index contributed by atoms with van der Waals surface area (Å²) in [5.41, 5.74) is 7.19. The van der Waals surface area contributed by atoms with Crippen LogP contribution in [0, 0.1) is 6.92 Å². The van der Waals surface area contributed by atoms with Gasteiger partial charge in [-0.1, -0.05) is 24.3 Å². The summed E-state index contributed by atoms with van der Waals surface area (Å²) >= 11 is 0. The highest BCUT2D eigenvalue weighted by Crippen LogP contribution is 2.17. The summed E-state index contributed by atoms with van der Waals surface area (Å²) in [5.74, 6) is -0.136. The van der Waals surface area contributed by atoms with Crippen LogP contribution in [0.3, 0.4) is 0 Å². The number of carbonyl (C=O) groups is 1. The standard InChI is InChI=1S/C13H20N2O/c1-9-7-5-6-8-11(9)10(2)15-12(16)13(3,4)14/h5-8,10H,14H2,1-4H3,(H,15,16)/t10-/m1/s1. The van der Waals surface area contributed by atoms with E-state index in [9.17, 15) is 4.79 Å². The zero-order valence-corrected chi connectivity index (χ0v) is 10.4. The predicted molar refractivity (Wildman–Crippen MR) is 66.0 cm³/mol. The molecule has 0 unspecified atom stereocenters. The third-order valence-corrected chi connectivity index (χ3v) is 2.59. The summed E-state index contributed by atoms with van der Waals surface area (Å²) in [5, 5.41) is 2.91. The number of hydrogen-bond acceptors (Lipinski definition) is 2. The van der Waals surface area contributed by atoms with E-state index in [1.807, 2.05) is 38.1 Å². The third kappa shape index (κ3) is 3.07. The van der Waals surface area contributed by atoms with E-state index in [0.29, 0.717) is 0 Å². The molecule has 3 nitrogen and oxygen atoms in total. The van der Waals surface area contributed by atoms with Gasteiger partial charge in [0.05, 0.1) is 11.6 Å². The molecule has 0 aromatic heterocycles. The SMILES string of the molecule is Cc1ccccc1[C@@H](C)NC(=O)C(C)(C)N. The lowest BCUT2D eigenvalue weighted by Gasteiger charge is -2.23. The molecule has 1 aromatic rings. The first-order valence-electron chi connectivity index (χ1n) is 5.47. The normalized spacial score (nSPS) is 13.3. The van der Waals surface area contributed by atoms with Gasteiger partial charge in [-0.05, 0) is 38.8 Å². The van der Waals surface area contributed by atoms with Crippen LogP contribution in [0.1, 0.15) is 37.9 Å². The second-order valence-electron chi connectivity index (χ2n) is 4.77. The predicted octanol–water partition coefficient (Wildman–Crippen LogP) is 1.91. The zero-order valence-electron chi connectivity index (χ0n) is 10.4. The Morgan fingerprint density at radius 3 is 2.44 bits per heavy atom. The molecule has 0 saturated heterocycles. The average Bonchev–Trinajstić information content (AvgIpc) is 2.16. The molecule has 88 valence electrons. The van der Waals surface area contributed by atoms with Gasteiger partial charge in [-0.25, -0.2) is 0 Å². The molecule has 0 bridgehead atoms. The Bertz CT molecular complexity index is 380. The lowest BCUT2D eigenvalue weighted by molar-refractivity contribution is -0.125. The van der Waals surface area contributed by atoms with Gasteiger partial charge in [0, 0.05) is 0 Å². The second-order valence-corrected chi connectivity index (χ2v) is 4.77. The molecule has 0 fully saturated rings. The molecule has 0 saturated carbocycles.